The molecule has 0 aliphatic carbocycles. The molecule has 1 N–H and O–H groups in total. The quantitative estimate of drug-likeness (QED) is 0.414. The van der Waals surface area contributed by atoms with Gasteiger partial charge < -0.3 is 19.5 Å². The predicted octanol–water partition coefficient (Wildman–Crippen LogP) is 6.20. The summed E-state index contributed by atoms with van der Waals surface area (Å²) < 4.78 is 16.7. The van der Waals surface area contributed by atoms with Crippen LogP contribution in [0.1, 0.15) is 22.3 Å². The molecule has 0 aromatic heterocycles. The molecule has 0 heterocycles. The molecule has 0 saturated heterocycles. The van der Waals surface area contributed by atoms with Crippen molar-refractivity contribution in [2.45, 2.75) is 20.5 Å². The minimum atomic E-state index is -0.288. The van der Waals surface area contributed by atoms with E-state index in [1.54, 1.807) is 25.3 Å². The Bertz CT molecular complexity index is 1140. The Morgan fingerprint density at radius 1 is 0.938 bits per heavy atom. The second kappa shape index (κ2) is 10.7. The molecule has 0 spiro atoms. The summed E-state index contributed by atoms with van der Waals surface area (Å²) in [6.07, 6.45) is 3.16. The molecule has 3 rings (SSSR count). The highest BCUT2D eigenvalue weighted by Gasteiger charge is 2.10. The highest BCUT2D eigenvalue weighted by Crippen LogP contribution is 2.31. The zero-order valence-electron chi connectivity index (χ0n) is 18.6. The van der Waals surface area contributed by atoms with Crippen LogP contribution in [0.3, 0.4) is 0 Å². The average molecular weight is 452 g/mol. The molecule has 3 aromatic rings. The molecule has 0 bridgehead atoms. The van der Waals surface area contributed by atoms with Gasteiger partial charge in [0.05, 0.1) is 19.9 Å². The van der Waals surface area contributed by atoms with Crippen LogP contribution in [0, 0.1) is 13.8 Å². The number of halogens is 1. The number of carbonyl (C=O) groups excluding carboxylic acids is 1. The van der Waals surface area contributed by atoms with Crippen LogP contribution in [-0.2, 0) is 11.4 Å². The number of nitrogens with one attached hydrogen (secondary N) is 1. The number of anilines is 1. The molecule has 32 heavy (non-hydrogen) atoms. The lowest BCUT2D eigenvalue weighted by Crippen LogP contribution is -2.09. The Morgan fingerprint density at radius 2 is 1.69 bits per heavy atom. The van der Waals surface area contributed by atoms with Crippen molar-refractivity contribution in [1.29, 1.82) is 0 Å². The highest BCUT2D eigenvalue weighted by atomic mass is 35.5. The van der Waals surface area contributed by atoms with Crippen molar-refractivity contribution in [3.8, 4) is 17.2 Å². The first-order valence-electron chi connectivity index (χ1n) is 10.1. The van der Waals surface area contributed by atoms with Crippen molar-refractivity contribution in [3.63, 3.8) is 0 Å². The smallest absolute Gasteiger partial charge is 0.248 e. The highest BCUT2D eigenvalue weighted by molar-refractivity contribution is 6.31. The van der Waals surface area contributed by atoms with Gasteiger partial charge in [-0.05, 0) is 60.4 Å². The molecule has 1 amide bonds. The van der Waals surface area contributed by atoms with Crippen molar-refractivity contribution in [2.24, 2.45) is 0 Å². The number of amides is 1. The molecule has 0 fully saturated rings. The minimum absolute atomic E-state index is 0.288. The SMILES string of the molecule is COc1cc(Cl)c(C)cc1NC(=O)C=Cc1ccc(OCc2ccccc2C)c(OC)c1. The maximum Gasteiger partial charge on any atom is 0.248 e. The third-order valence-corrected chi connectivity index (χ3v) is 5.41. The minimum Gasteiger partial charge on any atom is -0.495 e. The van der Waals surface area contributed by atoms with Gasteiger partial charge in [0.25, 0.3) is 0 Å². The van der Waals surface area contributed by atoms with E-state index in [1.165, 1.54) is 18.7 Å². The predicted molar refractivity (Wildman–Crippen MR) is 129 cm³/mol. The second-order valence-electron chi connectivity index (χ2n) is 7.25. The number of rotatable bonds is 8. The Kier molecular flexibility index (Phi) is 7.79. The van der Waals surface area contributed by atoms with E-state index in [2.05, 4.69) is 18.3 Å². The van der Waals surface area contributed by atoms with E-state index >= 15 is 0 Å². The summed E-state index contributed by atoms with van der Waals surface area (Å²) >= 11 is 6.12. The normalized spacial score (nSPS) is 10.8. The van der Waals surface area contributed by atoms with Gasteiger partial charge in [0.15, 0.2) is 11.5 Å². The van der Waals surface area contributed by atoms with Gasteiger partial charge in [-0.2, -0.15) is 0 Å². The van der Waals surface area contributed by atoms with E-state index in [1.807, 2.05) is 43.3 Å². The summed E-state index contributed by atoms with van der Waals surface area (Å²) in [6.45, 7) is 4.36. The first-order chi connectivity index (χ1) is 15.4. The fraction of sp³-hybridized carbons (Fsp3) is 0.192. The molecule has 0 radical (unpaired) electrons. The molecular weight excluding hydrogens is 426 g/mol. The lowest BCUT2D eigenvalue weighted by atomic mass is 10.1. The topological polar surface area (TPSA) is 56.8 Å². The fourth-order valence-electron chi connectivity index (χ4n) is 3.11. The number of hydrogen-bond donors (Lipinski definition) is 1. The fourth-order valence-corrected chi connectivity index (χ4v) is 3.26. The molecule has 0 unspecified atom stereocenters. The molecule has 166 valence electrons. The Hall–Kier alpha value is -3.44. The molecule has 0 saturated carbocycles. The van der Waals surface area contributed by atoms with Gasteiger partial charge in [0.2, 0.25) is 5.91 Å². The zero-order valence-corrected chi connectivity index (χ0v) is 19.3. The second-order valence-corrected chi connectivity index (χ2v) is 7.66. The monoisotopic (exact) mass is 451 g/mol. The van der Waals surface area contributed by atoms with Gasteiger partial charge in [0, 0.05) is 17.2 Å². The van der Waals surface area contributed by atoms with Crippen LogP contribution in [0.15, 0.2) is 60.7 Å². The molecule has 6 heteroatoms. The van der Waals surface area contributed by atoms with Crippen LogP contribution in [0.4, 0.5) is 5.69 Å². The van der Waals surface area contributed by atoms with Gasteiger partial charge in [-0.25, -0.2) is 0 Å². The first kappa shape index (κ1) is 23.2. The van der Waals surface area contributed by atoms with Crippen LogP contribution >= 0.6 is 11.6 Å². The standard InChI is InChI=1S/C26H26ClNO4/c1-17-7-5-6-8-20(17)16-32-23-11-9-19(14-25(23)31-4)10-12-26(29)28-22-13-18(2)21(27)15-24(22)30-3/h5-15H,16H2,1-4H3,(H,28,29). The summed E-state index contributed by atoms with van der Waals surface area (Å²) in [5.74, 6) is 1.44. The summed E-state index contributed by atoms with van der Waals surface area (Å²) in [5.41, 5.74) is 4.49. The van der Waals surface area contributed by atoms with Gasteiger partial charge in [0.1, 0.15) is 12.4 Å². The molecule has 0 aliphatic heterocycles. The Labute approximate surface area is 193 Å². The third-order valence-electron chi connectivity index (χ3n) is 5.00. The van der Waals surface area contributed by atoms with E-state index < -0.39 is 0 Å². The van der Waals surface area contributed by atoms with Crippen molar-refractivity contribution in [1.82, 2.24) is 0 Å². The van der Waals surface area contributed by atoms with Crippen LogP contribution < -0.4 is 19.5 Å². The van der Waals surface area contributed by atoms with E-state index in [4.69, 9.17) is 25.8 Å². The number of ether oxygens (including phenoxy) is 3. The number of benzene rings is 3. The van der Waals surface area contributed by atoms with Crippen molar-refractivity contribution in [3.05, 3.63) is 87.9 Å². The van der Waals surface area contributed by atoms with E-state index in [0.29, 0.717) is 34.6 Å². The van der Waals surface area contributed by atoms with Crippen LogP contribution in [-0.4, -0.2) is 20.1 Å². The van der Waals surface area contributed by atoms with Crippen LogP contribution in [0.25, 0.3) is 6.08 Å². The van der Waals surface area contributed by atoms with Crippen LogP contribution in [0.5, 0.6) is 17.2 Å². The maximum absolute atomic E-state index is 12.4. The largest absolute Gasteiger partial charge is 0.495 e. The van der Waals surface area contributed by atoms with Crippen molar-refractivity contribution < 1.29 is 19.0 Å². The molecule has 0 aliphatic rings. The van der Waals surface area contributed by atoms with E-state index in [9.17, 15) is 4.79 Å². The number of methoxy groups -OCH3 is 2. The van der Waals surface area contributed by atoms with Gasteiger partial charge in [-0.15, -0.1) is 0 Å². The summed E-state index contributed by atoms with van der Waals surface area (Å²) in [7, 11) is 3.12. The Balaban J connectivity index is 1.69. The molecule has 5 nitrogen and oxygen atoms in total. The first-order valence-corrected chi connectivity index (χ1v) is 10.5. The molecule has 0 atom stereocenters. The average Bonchev–Trinajstić information content (AvgIpc) is 2.79. The third kappa shape index (κ3) is 5.83. The summed E-state index contributed by atoms with van der Waals surface area (Å²) in [4.78, 5) is 12.4. The molecular formula is C26H26ClNO4. The van der Waals surface area contributed by atoms with Gasteiger partial charge in [-0.1, -0.05) is 41.9 Å². The van der Waals surface area contributed by atoms with Crippen molar-refractivity contribution >= 4 is 29.3 Å². The van der Waals surface area contributed by atoms with Gasteiger partial charge >= 0.3 is 0 Å². The maximum atomic E-state index is 12.4. The zero-order chi connectivity index (χ0) is 23.1. The number of carbonyl (C=O) groups is 1. The van der Waals surface area contributed by atoms with Crippen molar-refractivity contribution in [2.75, 3.05) is 19.5 Å². The molecule has 3 aromatic carbocycles. The number of aryl methyl sites for hydroxylation is 2. The lowest BCUT2D eigenvalue weighted by Gasteiger charge is -2.13. The summed E-state index contributed by atoms with van der Waals surface area (Å²) in [6, 6.07) is 17.1. The van der Waals surface area contributed by atoms with Gasteiger partial charge in [-0.3, -0.25) is 4.79 Å². The van der Waals surface area contributed by atoms with E-state index in [0.717, 1.165) is 16.7 Å². The van der Waals surface area contributed by atoms with Crippen LogP contribution in [0.2, 0.25) is 5.02 Å². The Morgan fingerprint density at radius 3 is 2.41 bits per heavy atom. The summed E-state index contributed by atoms with van der Waals surface area (Å²) in [5, 5.41) is 3.39. The lowest BCUT2D eigenvalue weighted by molar-refractivity contribution is -0.111. The van der Waals surface area contributed by atoms with E-state index in [-0.39, 0.29) is 5.91 Å². The number of hydrogen-bond acceptors (Lipinski definition) is 4.